The second-order valence-electron chi connectivity index (χ2n) is 7.74. The number of sulfonamides is 1. The minimum Gasteiger partial charge on any atom is -0.435 e. The van der Waals surface area contributed by atoms with Crippen LogP contribution in [0.25, 0.3) is 11.3 Å². The van der Waals surface area contributed by atoms with E-state index in [1.165, 1.54) is 30.6 Å². The molecule has 0 spiro atoms. The molecule has 2 N–H and O–H groups in total. The Labute approximate surface area is 217 Å². The number of nitrogens with zero attached hydrogens (tertiary/aromatic N) is 4. The van der Waals surface area contributed by atoms with E-state index in [2.05, 4.69) is 25.3 Å². The summed E-state index contributed by atoms with van der Waals surface area (Å²) in [6, 6.07) is 6.31. The molecule has 0 radical (unpaired) electrons. The summed E-state index contributed by atoms with van der Waals surface area (Å²) >= 11 is 0. The van der Waals surface area contributed by atoms with Crippen LogP contribution in [0.15, 0.2) is 55.0 Å². The molecule has 0 fully saturated rings. The van der Waals surface area contributed by atoms with Crippen molar-refractivity contribution in [3.63, 3.8) is 0 Å². The van der Waals surface area contributed by atoms with Crippen LogP contribution in [0.5, 0.6) is 11.6 Å². The van der Waals surface area contributed by atoms with Crippen molar-refractivity contribution in [1.82, 2.24) is 19.9 Å². The summed E-state index contributed by atoms with van der Waals surface area (Å²) in [5.41, 5.74) is -2.31. The lowest BCUT2D eigenvalue weighted by Gasteiger charge is -2.14. The molecule has 3 aromatic heterocycles. The van der Waals surface area contributed by atoms with Crippen LogP contribution in [0, 0.1) is 17.5 Å². The van der Waals surface area contributed by atoms with E-state index in [1.54, 1.807) is 11.8 Å². The number of halogens is 6. The topological polar surface area (TPSA) is 119 Å². The maximum Gasteiger partial charge on any atom is 0.433 e. The molecule has 0 aliphatic heterocycles. The molecule has 204 valence electrons. The minimum atomic E-state index is -4.75. The number of ether oxygens (including phenoxy) is 1. The number of hydrogen-bond acceptors (Lipinski definition) is 8. The van der Waals surface area contributed by atoms with E-state index in [0.717, 1.165) is 6.07 Å². The SMILES string of the molecule is CNc1nccc(-c2cccnc2Oc2cc(F)c(NS(=O)(=O)Cc3ccc(C(F)(F)F)nc3)c(F)c2F)n1. The highest BCUT2D eigenvalue weighted by Crippen LogP contribution is 2.36. The zero-order chi connectivity index (χ0) is 28.4. The third-order valence-electron chi connectivity index (χ3n) is 4.99. The monoisotopic (exact) mass is 570 g/mol. The number of aromatic nitrogens is 4. The predicted octanol–water partition coefficient (Wildman–Crippen LogP) is 5.15. The number of hydrogen-bond donors (Lipinski definition) is 2. The summed E-state index contributed by atoms with van der Waals surface area (Å²) in [6.45, 7) is 0. The van der Waals surface area contributed by atoms with Crippen molar-refractivity contribution in [2.75, 3.05) is 17.1 Å². The maximum absolute atomic E-state index is 14.9. The van der Waals surface area contributed by atoms with Gasteiger partial charge in [-0.05, 0) is 29.8 Å². The molecule has 0 aliphatic rings. The van der Waals surface area contributed by atoms with Crippen LogP contribution >= 0.6 is 0 Å². The molecule has 4 aromatic rings. The van der Waals surface area contributed by atoms with Gasteiger partial charge in [-0.1, -0.05) is 6.07 Å². The van der Waals surface area contributed by atoms with Crippen LogP contribution < -0.4 is 14.8 Å². The first-order chi connectivity index (χ1) is 18.4. The normalized spacial score (nSPS) is 11.8. The van der Waals surface area contributed by atoms with Gasteiger partial charge in [-0.15, -0.1) is 0 Å². The Morgan fingerprint density at radius 3 is 2.41 bits per heavy atom. The molecule has 0 saturated heterocycles. The Hall–Kier alpha value is -4.47. The molecule has 9 nitrogen and oxygen atoms in total. The molecule has 0 saturated carbocycles. The molecule has 0 amide bonds. The average molecular weight is 570 g/mol. The standard InChI is InChI=1S/C23H16F6N6O3S/c1-30-22-32-8-6-15(34-22)13-3-2-7-31-21(13)38-16-9-14(24)20(19(26)18(16)25)35-39(36,37)11-12-4-5-17(33-10-12)23(27,28)29/h2-10,35H,11H2,1H3,(H,30,32,34). The molecule has 4 rings (SSSR count). The van der Waals surface area contributed by atoms with Crippen molar-refractivity contribution < 1.29 is 39.5 Å². The summed E-state index contributed by atoms with van der Waals surface area (Å²) in [4.78, 5) is 15.2. The van der Waals surface area contributed by atoms with Crippen molar-refractivity contribution in [2.45, 2.75) is 11.9 Å². The van der Waals surface area contributed by atoms with Gasteiger partial charge in [0.15, 0.2) is 17.4 Å². The van der Waals surface area contributed by atoms with Gasteiger partial charge in [0.05, 0.1) is 17.0 Å². The average Bonchev–Trinajstić information content (AvgIpc) is 2.89. The van der Waals surface area contributed by atoms with Crippen LogP contribution in [0.1, 0.15) is 11.3 Å². The lowest BCUT2D eigenvalue weighted by Crippen LogP contribution is -2.18. The molecule has 3 heterocycles. The second kappa shape index (κ2) is 10.7. The molecule has 16 heteroatoms. The van der Waals surface area contributed by atoms with E-state index in [1.807, 2.05) is 0 Å². The highest BCUT2D eigenvalue weighted by atomic mass is 32.2. The predicted molar refractivity (Wildman–Crippen MR) is 127 cm³/mol. The Bertz CT molecular complexity index is 1620. The van der Waals surface area contributed by atoms with Crippen LogP contribution in [-0.4, -0.2) is 35.4 Å². The van der Waals surface area contributed by atoms with Gasteiger partial charge in [0.1, 0.15) is 11.4 Å². The van der Waals surface area contributed by atoms with E-state index in [-0.39, 0.29) is 23.0 Å². The van der Waals surface area contributed by atoms with Gasteiger partial charge >= 0.3 is 6.18 Å². The van der Waals surface area contributed by atoms with Gasteiger partial charge in [-0.2, -0.15) is 17.6 Å². The largest absolute Gasteiger partial charge is 0.435 e. The Balaban J connectivity index is 1.59. The van der Waals surface area contributed by atoms with E-state index in [0.29, 0.717) is 24.0 Å². The van der Waals surface area contributed by atoms with Crippen molar-refractivity contribution >= 4 is 21.7 Å². The summed E-state index contributed by atoms with van der Waals surface area (Å²) in [6.07, 6.45) is -1.40. The van der Waals surface area contributed by atoms with Crippen LogP contribution in [0.2, 0.25) is 0 Å². The summed E-state index contributed by atoms with van der Waals surface area (Å²) in [5, 5.41) is 2.73. The smallest absolute Gasteiger partial charge is 0.433 e. The molecular formula is C23H16F6N6O3S. The summed E-state index contributed by atoms with van der Waals surface area (Å²) in [7, 11) is -3.03. The van der Waals surface area contributed by atoms with Gasteiger partial charge < -0.3 is 10.1 Å². The molecule has 0 bridgehead atoms. The highest BCUT2D eigenvalue weighted by molar-refractivity contribution is 7.91. The number of nitrogens with one attached hydrogen (secondary N) is 2. The van der Waals surface area contributed by atoms with E-state index >= 15 is 0 Å². The number of benzene rings is 1. The van der Waals surface area contributed by atoms with E-state index < -0.39 is 56.5 Å². The maximum atomic E-state index is 14.9. The number of anilines is 2. The molecule has 0 atom stereocenters. The lowest BCUT2D eigenvalue weighted by atomic mass is 10.2. The quantitative estimate of drug-likeness (QED) is 0.221. The third kappa shape index (κ3) is 6.34. The fourth-order valence-corrected chi connectivity index (χ4v) is 4.41. The molecular weight excluding hydrogens is 554 g/mol. The third-order valence-corrected chi connectivity index (χ3v) is 6.22. The molecule has 39 heavy (non-hydrogen) atoms. The fraction of sp³-hybridized carbons (Fsp3) is 0.130. The lowest BCUT2D eigenvalue weighted by molar-refractivity contribution is -0.141. The molecule has 0 unspecified atom stereocenters. The molecule has 1 aromatic carbocycles. The minimum absolute atomic E-state index is 0.217. The van der Waals surface area contributed by atoms with E-state index in [4.69, 9.17) is 4.74 Å². The number of alkyl halides is 3. The highest BCUT2D eigenvalue weighted by Gasteiger charge is 2.32. The fourth-order valence-electron chi connectivity index (χ4n) is 3.23. The van der Waals surface area contributed by atoms with Crippen molar-refractivity contribution in [1.29, 1.82) is 0 Å². The van der Waals surface area contributed by atoms with Gasteiger partial charge in [0, 0.05) is 31.7 Å². The van der Waals surface area contributed by atoms with Crippen molar-refractivity contribution in [3.05, 3.63) is 83.7 Å². The zero-order valence-corrected chi connectivity index (χ0v) is 20.4. The Morgan fingerprint density at radius 1 is 0.974 bits per heavy atom. The van der Waals surface area contributed by atoms with E-state index in [9.17, 15) is 34.8 Å². The number of rotatable bonds is 8. The van der Waals surface area contributed by atoms with Crippen LogP contribution in [0.3, 0.4) is 0 Å². The van der Waals surface area contributed by atoms with Gasteiger partial charge in [-0.25, -0.2) is 32.2 Å². The number of pyridine rings is 2. The summed E-state index contributed by atoms with van der Waals surface area (Å²) < 4.78 is 114. The van der Waals surface area contributed by atoms with Crippen LogP contribution in [-0.2, 0) is 22.0 Å². The van der Waals surface area contributed by atoms with Crippen LogP contribution in [0.4, 0.5) is 38.0 Å². The van der Waals surface area contributed by atoms with Gasteiger partial charge in [0.2, 0.25) is 27.7 Å². The summed E-state index contributed by atoms with van der Waals surface area (Å²) in [5.74, 6) is -7.15. The Morgan fingerprint density at radius 2 is 1.74 bits per heavy atom. The second-order valence-corrected chi connectivity index (χ2v) is 9.47. The first-order valence-electron chi connectivity index (χ1n) is 10.7. The zero-order valence-electron chi connectivity index (χ0n) is 19.6. The van der Waals surface area contributed by atoms with Crippen molar-refractivity contribution in [2.24, 2.45) is 0 Å². The molecule has 0 aliphatic carbocycles. The first kappa shape index (κ1) is 27.6. The first-order valence-corrected chi connectivity index (χ1v) is 12.4. The Kier molecular flexibility index (Phi) is 7.58. The van der Waals surface area contributed by atoms with Gasteiger partial charge in [-0.3, -0.25) is 9.71 Å². The van der Waals surface area contributed by atoms with Crippen molar-refractivity contribution in [3.8, 4) is 22.9 Å². The van der Waals surface area contributed by atoms with Gasteiger partial charge in [0.25, 0.3) is 0 Å².